The lowest BCUT2D eigenvalue weighted by Crippen LogP contribution is -2.12. The largest absolute Gasteiger partial charge is 0.329 e. The third-order valence-corrected chi connectivity index (χ3v) is 3.67. The maximum absolute atomic E-state index is 12.7. The van der Waals surface area contributed by atoms with Gasteiger partial charge < -0.3 is 4.57 Å². The summed E-state index contributed by atoms with van der Waals surface area (Å²) in [6, 6.07) is 6.22. The molecule has 0 bridgehead atoms. The predicted molar refractivity (Wildman–Crippen MR) is 70.4 cm³/mol. The van der Waals surface area contributed by atoms with Crippen LogP contribution in [0.15, 0.2) is 40.4 Å². The fraction of sp³-hybridized carbons (Fsp3) is 0.167. The molecule has 1 aromatic carbocycles. The minimum absolute atomic E-state index is 0.101. The second-order valence-corrected chi connectivity index (χ2v) is 5.05. The number of halogens is 2. The Morgan fingerprint density at radius 1 is 1.39 bits per heavy atom. The first kappa shape index (κ1) is 13.1. The summed E-state index contributed by atoms with van der Waals surface area (Å²) in [7, 11) is 1.77. The van der Waals surface area contributed by atoms with Crippen LogP contribution in [0.25, 0.3) is 0 Å². The van der Waals surface area contributed by atoms with E-state index in [2.05, 4.69) is 4.98 Å². The van der Waals surface area contributed by atoms with Gasteiger partial charge in [0.15, 0.2) is 5.16 Å². The zero-order valence-corrected chi connectivity index (χ0v) is 11.1. The first-order valence-electron chi connectivity index (χ1n) is 5.16. The highest BCUT2D eigenvalue weighted by molar-refractivity contribution is 7.98. The van der Waals surface area contributed by atoms with Crippen molar-refractivity contribution in [2.75, 3.05) is 0 Å². The average Bonchev–Trinajstić information content (AvgIpc) is 2.34. The highest BCUT2D eigenvalue weighted by Crippen LogP contribution is 2.20. The Kier molecular flexibility index (Phi) is 4.04. The van der Waals surface area contributed by atoms with Crippen molar-refractivity contribution in [1.82, 2.24) is 9.55 Å². The number of hydrogen-bond donors (Lipinski definition) is 0. The number of hydrogen-bond acceptors (Lipinski definition) is 3. The molecule has 0 N–H and O–H groups in total. The van der Waals surface area contributed by atoms with Crippen LogP contribution in [0.4, 0.5) is 4.39 Å². The fourth-order valence-corrected chi connectivity index (χ4v) is 2.44. The van der Waals surface area contributed by atoms with Gasteiger partial charge in [0.05, 0.1) is 0 Å². The van der Waals surface area contributed by atoms with Gasteiger partial charge in [0, 0.05) is 19.0 Å². The Bertz CT molecular complexity index is 612. The van der Waals surface area contributed by atoms with Crippen LogP contribution in [-0.2, 0) is 12.8 Å². The molecule has 0 saturated carbocycles. The number of thioether (sulfide) groups is 1. The van der Waals surface area contributed by atoms with Gasteiger partial charge in [-0.3, -0.25) is 4.79 Å². The summed E-state index contributed by atoms with van der Waals surface area (Å²) in [6.07, 6.45) is 1.53. The van der Waals surface area contributed by atoms with Gasteiger partial charge in [-0.2, -0.15) is 4.98 Å². The van der Waals surface area contributed by atoms with Crippen LogP contribution in [0.1, 0.15) is 5.56 Å². The van der Waals surface area contributed by atoms with E-state index >= 15 is 0 Å². The van der Waals surface area contributed by atoms with Crippen molar-refractivity contribution < 1.29 is 4.39 Å². The molecule has 0 aliphatic carbocycles. The normalized spacial score (nSPS) is 10.6. The molecule has 6 heteroatoms. The van der Waals surface area contributed by atoms with E-state index in [1.54, 1.807) is 23.7 Å². The maximum Gasteiger partial charge on any atom is 0.292 e. The van der Waals surface area contributed by atoms with E-state index in [4.69, 9.17) is 11.6 Å². The van der Waals surface area contributed by atoms with E-state index in [1.807, 2.05) is 0 Å². The zero-order valence-electron chi connectivity index (χ0n) is 9.56. The van der Waals surface area contributed by atoms with Gasteiger partial charge >= 0.3 is 0 Å². The lowest BCUT2D eigenvalue weighted by molar-refractivity contribution is 0.627. The zero-order chi connectivity index (χ0) is 13.1. The lowest BCUT2D eigenvalue weighted by Gasteiger charge is -2.06. The number of rotatable bonds is 3. The fourth-order valence-electron chi connectivity index (χ4n) is 1.36. The van der Waals surface area contributed by atoms with E-state index in [9.17, 15) is 9.18 Å². The van der Waals surface area contributed by atoms with E-state index in [0.717, 1.165) is 5.56 Å². The van der Waals surface area contributed by atoms with Gasteiger partial charge in [-0.1, -0.05) is 35.5 Å². The van der Waals surface area contributed by atoms with E-state index < -0.39 is 5.56 Å². The second-order valence-electron chi connectivity index (χ2n) is 3.70. The molecule has 1 heterocycles. The monoisotopic (exact) mass is 284 g/mol. The molecule has 0 atom stereocenters. The topological polar surface area (TPSA) is 34.9 Å². The predicted octanol–water partition coefficient (Wildman–Crippen LogP) is 2.87. The first-order valence-corrected chi connectivity index (χ1v) is 6.53. The Balaban J connectivity index is 2.13. The molecule has 3 nitrogen and oxygen atoms in total. The molecule has 1 aromatic heterocycles. The van der Waals surface area contributed by atoms with Crippen molar-refractivity contribution in [3.63, 3.8) is 0 Å². The summed E-state index contributed by atoms with van der Waals surface area (Å²) in [5.41, 5.74) is 0.530. The number of aromatic nitrogens is 2. The summed E-state index contributed by atoms with van der Waals surface area (Å²) < 4.78 is 14.4. The van der Waals surface area contributed by atoms with Crippen molar-refractivity contribution in [3.05, 3.63) is 57.2 Å². The van der Waals surface area contributed by atoms with Crippen LogP contribution >= 0.6 is 23.4 Å². The Morgan fingerprint density at radius 3 is 2.72 bits per heavy atom. The molecule has 0 aliphatic heterocycles. The molecule has 0 aliphatic rings. The molecule has 2 aromatic rings. The summed E-state index contributed by atoms with van der Waals surface area (Å²) >= 11 is 7.07. The summed E-state index contributed by atoms with van der Waals surface area (Å²) in [5, 5.41) is 0.678. The molecule has 0 saturated heterocycles. The second kappa shape index (κ2) is 5.54. The van der Waals surface area contributed by atoms with Gasteiger partial charge in [-0.15, -0.1) is 0 Å². The SMILES string of the molecule is Cn1cc(Cl)c(=O)nc1SCc1ccc(F)cc1. The van der Waals surface area contributed by atoms with Crippen molar-refractivity contribution in [2.24, 2.45) is 7.05 Å². The van der Waals surface area contributed by atoms with Crippen LogP contribution in [0.5, 0.6) is 0 Å². The summed E-state index contributed by atoms with van der Waals surface area (Å²) in [4.78, 5) is 15.2. The van der Waals surface area contributed by atoms with Gasteiger partial charge in [0.1, 0.15) is 10.8 Å². The van der Waals surface area contributed by atoms with E-state index in [-0.39, 0.29) is 10.8 Å². The summed E-state index contributed by atoms with van der Waals surface area (Å²) in [5.74, 6) is 0.350. The molecular weight excluding hydrogens is 275 g/mol. The highest BCUT2D eigenvalue weighted by Gasteiger charge is 2.05. The van der Waals surface area contributed by atoms with Crippen molar-refractivity contribution in [3.8, 4) is 0 Å². The van der Waals surface area contributed by atoms with Gasteiger partial charge in [0.25, 0.3) is 5.56 Å². The van der Waals surface area contributed by atoms with E-state index in [0.29, 0.717) is 10.9 Å². The van der Waals surface area contributed by atoms with Crippen molar-refractivity contribution >= 4 is 23.4 Å². The number of nitrogens with zero attached hydrogens (tertiary/aromatic N) is 2. The molecule has 94 valence electrons. The molecule has 18 heavy (non-hydrogen) atoms. The Morgan fingerprint density at radius 2 is 2.06 bits per heavy atom. The molecule has 0 spiro atoms. The third-order valence-electron chi connectivity index (χ3n) is 2.29. The minimum Gasteiger partial charge on any atom is -0.329 e. The van der Waals surface area contributed by atoms with Gasteiger partial charge in [-0.05, 0) is 17.7 Å². The molecule has 2 rings (SSSR count). The van der Waals surface area contributed by atoms with Crippen LogP contribution in [0.2, 0.25) is 5.02 Å². The summed E-state index contributed by atoms with van der Waals surface area (Å²) in [6.45, 7) is 0. The van der Waals surface area contributed by atoms with Crippen LogP contribution < -0.4 is 5.56 Å². The highest BCUT2D eigenvalue weighted by atomic mass is 35.5. The smallest absolute Gasteiger partial charge is 0.292 e. The first-order chi connectivity index (χ1) is 8.56. The maximum atomic E-state index is 12.7. The van der Waals surface area contributed by atoms with Crippen molar-refractivity contribution in [1.29, 1.82) is 0 Å². The van der Waals surface area contributed by atoms with Crippen LogP contribution in [-0.4, -0.2) is 9.55 Å². The van der Waals surface area contributed by atoms with Crippen LogP contribution in [0.3, 0.4) is 0 Å². The Labute approximate surface area is 113 Å². The van der Waals surface area contributed by atoms with Gasteiger partial charge in [-0.25, -0.2) is 4.39 Å². The molecule has 0 radical (unpaired) electrons. The molecule has 0 unspecified atom stereocenters. The lowest BCUT2D eigenvalue weighted by atomic mass is 10.2. The van der Waals surface area contributed by atoms with Crippen molar-refractivity contribution in [2.45, 2.75) is 10.9 Å². The number of benzene rings is 1. The van der Waals surface area contributed by atoms with Gasteiger partial charge in [0.2, 0.25) is 0 Å². The third kappa shape index (κ3) is 3.11. The van der Waals surface area contributed by atoms with E-state index in [1.165, 1.54) is 30.1 Å². The molecule has 0 fully saturated rings. The quantitative estimate of drug-likeness (QED) is 0.642. The minimum atomic E-state index is -0.434. The molecule has 0 amide bonds. The molecular formula is C12H10ClFN2OS. The standard InChI is InChI=1S/C12H10ClFN2OS/c1-16-6-10(13)11(17)15-12(16)18-7-8-2-4-9(14)5-3-8/h2-6H,7H2,1H3. The van der Waals surface area contributed by atoms with Crippen LogP contribution in [0, 0.1) is 5.82 Å². The number of aryl methyl sites for hydroxylation is 1. The Hall–Kier alpha value is -1.33. The average molecular weight is 285 g/mol.